The first-order chi connectivity index (χ1) is 4.48. The molecule has 0 amide bonds. The van der Waals surface area contributed by atoms with Crippen molar-refractivity contribution in [1.29, 1.82) is 0 Å². The van der Waals surface area contributed by atoms with Crippen LogP contribution in [0.5, 0.6) is 0 Å². The van der Waals surface area contributed by atoms with E-state index in [9.17, 15) is 4.79 Å². The van der Waals surface area contributed by atoms with Gasteiger partial charge in [0.15, 0.2) is 0 Å². The topological polar surface area (TPSA) is 35.5 Å². The first-order valence-corrected chi connectivity index (χ1v) is 2.94. The molecule has 0 spiro atoms. The average Bonchev–Trinajstić information content (AvgIpc) is 1.59. The highest BCUT2D eigenvalue weighted by Crippen LogP contribution is 2.13. The molecule has 0 saturated heterocycles. The lowest BCUT2D eigenvalue weighted by Gasteiger charge is -2.23. The predicted octanol–water partition coefficient (Wildman–Crippen LogP) is 1.45. The Labute approximate surface area is 60.6 Å². The van der Waals surface area contributed by atoms with Crippen LogP contribution in [-0.4, -0.2) is 12.3 Å². The lowest BCUT2D eigenvalue weighted by atomic mass is 10.4. The van der Waals surface area contributed by atoms with Crippen molar-refractivity contribution in [2.75, 3.05) is 0 Å². The highest BCUT2D eigenvalue weighted by molar-refractivity contribution is 5.37. The fraction of sp³-hybridized carbons (Fsp3) is 0.571. The molecule has 10 heavy (non-hydrogen) atoms. The lowest BCUT2D eigenvalue weighted by Crippen LogP contribution is -2.26. The largest absolute Gasteiger partial charge is 0.458 e. The van der Waals surface area contributed by atoms with Crippen molar-refractivity contribution in [2.45, 2.75) is 26.6 Å². The maximum Gasteiger partial charge on any atom is 0.296 e. The Morgan fingerprint density at radius 3 is 2.40 bits per heavy atom. The average molecular weight is 144 g/mol. The van der Waals surface area contributed by atoms with Crippen molar-refractivity contribution >= 4 is 6.47 Å². The highest BCUT2D eigenvalue weighted by atomic mass is 16.7. The normalized spacial score (nSPS) is 10.3. The summed E-state index contributed by atoms with van der Waals surface area (Å²) in [6.45, 7) is 8.81. The predicted molar refractivity (Wildman–Crippen MR) is 37.1 cm³/mol. The van der Waals surface area contributed by atoms with Crippen LogP contribution in [0.1, 0.15) is 20.8 Å². The van der Waals surface area contributed by atoms with E-state index in [-0.39, 0.29) is 0 Å². The van der Waals surface area contributed by atoms with E-state index in [4.69, 9.17) is 4.74 Å². The zero-order valence-electron chi connectivity index (χ0n) is 6.51. The van der Waals surface area contributed by atoms with E-state index in [1.165, 1.54) is 0 Å². The van der Waals surface area contributed by atoms with Gasteiger partial charge < -0.3 is 9.47 Å². The summed E-state index contributed by atoms with van der Waals surface area (Å²) in [6.07, 6.45) is 0. The molecule has 0 aromatic rings. The number of carbonyl (C=O) groups excluding carboxylic acids is 1. The van der Waals surface area contributed by atoms with Crippen molar-refractivity contribution in [2.24, 2.45) is 0 Å². The van der Waals surface area contributed by atoms with Crippen LogP contribution in [0, 0.1) is 0 Å². The lowest BCUT2D eigenvalue weighted by molar-refractivity contribution is -0.187. The van der Waals surface area contributed by atoms with Crippen molar-refractivity contribution < 1.29 is 14.3 Å². The van der Waals surface area contributed by atoms with Gasteiger partial charge in [-0.15, -0.1) is 0 Å². The molecule has 3 heteroatoms. The van der Waals surface area contributed by atoms with Gasteiger partial charge in [0.25, 0.3) is 6.47 Å². The summed E-state index contributed by atoms with van der Waals surface area (Å²) in [6, 6.07) is 0. The quantitative estimate of drug-likeness (QED) is 0.340. The summed E-state index contributed by atoms with van der Waals surface area (Å²) >= 11 is 0. The van der Waals surface area contributed by atoms with E-state index in [2.05, 4.69) is 11.3 Å². The van der Waals surface area contributed by atoms with Crippen LogP contribution in [0.2, 0.25) is 0 Å². The summed E-state index contributed by atoms with van der Waals surface area (Å²) in [5.74, 6) is -0.375. The Morgan fingerprint density at radius 1 is 1.60 bits per heavy atom. The van der Waals surface area contributed by atoms with Crippen LogP contribution >= 0.6 is 0 Å². The summed E-state index contributed by atoms with van der Waals surface area (Å²) in [5.41, 5.74) is 0. The molecule has 0 fully saturated rings. The molecule has 0 bridgehead atoms. The van der Waals surface area contributed by atoms with E-state index >= 15 is 0 Å². The van der Waals surface area contributed by atoms with Gasteiger partial charge in [-0.25, -0.2) is 0 Å². The third-order valence-corrected chi connectivity index (χ3v) is 0.752. The first kappa shape index (κ1) is 9.01. The van der Waals surface area contributed by atoms with Crippen molar-refractivity contribution in [3.05, 3.63) is 12.3 Å². The van der Waals surface area contributed by atoms with Crippen molar-refractivity contribution in [1.82, 2.24) is 0 Å². The van der Waals surface area contributed by atoms with Gasteiger partial charge in [-0.05, 0) is 6.92 Å². The first-order valence-electron chi connectivity index (χ1n) is 2.94. The maximum atomic E-state index is 9.87. The number of allylic oxidation sites excluding steroid dienone is 1. The highest BCUT2D eigenvalue weighted by Gasteiger charge is 2.19. The SMILES string of the molecule is C=C(C)OC(C)(C)OC=O. The zero-order valence-corrected chi connectivity index (χ0v) is 6.51. The van der Waals surface area contributed by atoms with Gasteiger partial charge in [0.1, 0.15) is 0 Å². The van der Waals surface area contributed by atoms with Crippen molar-refractivity contribution in [3.63, 3.8) is 0 Å². The maximum absolute atomic E-state index is 9.87. The smallest absolute Gasteiger partial charge is 0.296 e. The molecule has 0 heterocycles. The molecule has 0 aromatic carbocycles. The summed E-state index contributed by atoms with van der Waals surface area (Å²) in [5, 5.41) is 0. The van der Waals surface area contributed by atoms with Crippen LogP contribution in [0.25, 0.3) is 0 Å². The molecule has 0 N–H and O–H groups in total. The Morgan fingerprint density at radius 2 is 2.10 bits per heavy atom. The molecule has 58 valence electrons. The van der Waals surface area contributed by atoms with Crippen LogP contribution in [0.15, 0.2) is 12.3 Å². The van der Waals surface area contributed by atoms with E-state index in [0.717, 1.165) is 0 Å². The molecular weight excluding hydrogens is 132 g/mol. The minimum absolute atomic E-state index is 0.350. The molecule has 3 nitrogen and oxygen atoms in total. The minimum Gasteiger partial charge on any atom is -0.458 e. The third-order valence-electron chi connectivity index (χ3n) is 0.752. The Kier molecular flexibility index (Phi) is 2.93. The minimum atomic E-state index is -0.895. The number of carbonyl (C=O) groups is 1. The summed E-state index contributed by atoms with van der Waals surface area (Å²) in [4.78, 5) is 9.87. The number of ether oxygens (including phenoxy) is 2. The number of hydrogen-bond acceptors (Lipinski definition) is 3. The summed E-state index contributed by atoms with van der Waals surface area (Å²) in [7, 11) is 0. The van der Waals surface area contributed by atoms with Gasteiger partial charge in [0, 0.05) is 13.8 Å². The Balaban J connectivity index is 3.85. The zero-order chi connectivity index (χ0) is 8.20. The fourth-order valence-corrected chi connectivity index (χ4v) is 0.560. The van der Waals surface area contributed by atoms with E-state index in [1.54, 1.807) is 20.8 Å². The molecule has 0 atom stereocenters. The second kappa shape index (κ2) is 3.25. The Hall–Kier alpha value is -0.990. The molecule has 0 rings (SSSR count). The van der Waals surface area contributed by atoms with E-state index < -0.39 is 5.79 Å². The second-order valence-electron chi connectivity index (χ2n) is 2.42. The molecule has 0 aliphatic carbocycles. The van der Waals surface area contributed by atoms with Gasteiger partial charge in [0.05, 0.1) is 5.76 Å². The molecular formula is C7H12O3. The van der Waals surface area contributed by atoms with Crippen LogP contribution in [0.3, 0.4) is 0 Å². The van der Waals surface area contributed by atoms with Gasteiger partial charge in [-0.3, -0.25) is 4.79 Å². The second-order valence-corrected chi connectivity index (χ2v) is 2.42. The molecule has 0 aliphatic rings. The van der Waals surface area contributed by atoms with E-state index in [1.807, 2.05) is 0 Å². The summed E-state index contributed by atoms with van der Waals surface area (Å²) < 4.78 is 9.61. The Bertz CT molecular complexity index is 138. The van der Waals surface area contributed by atoms with E-state index in [0.29, 0.717) is 12.2 Å². The van der Waals surface area contributed by atoms with Gasteiger partial charge in [-0.1, -0.05) is 6.58 Å². The van der Waals surface area contributed by atoms with Crippen LogP contribution < -0.4 is 0 Å². The van der Waals surface area contributed by atoms with Crippen LogP contribution in [-0.2, 0) is 14.3 Å². The molecule has 0 aliphatic heterocycles. The van der Waals surface area contributed by atoms with Crippen molar-refractivity contribution in [3.8, 4) is 0 Å². The van der Waals surface area contributed by atoms with Gasteiger partial charge in [-0.2, -0.15) is 0 Å². The number of rotatable bonds is 4. The van der Waals surface area contributed by atoms with Gasteiger partial charge >= 0.3 is 0 Å². The van der Waals surface area contributed by atoms with Gasteiger partial charge in [0.2, 0.25) is 5.79 Å². The molecule has 0 saturated carbocycles. The monoisotopic (exact) mass is 144 g/mol. The standard InChI is InChI=1S/C7H12O3/c1-6(2)10-7(3,4)9-5-8/h5H,1H2,2-4H3. The third kappa shape index (κ3) is 3.95. The fourth-order valence-electron chi connectivity index (χ4n) is 0.560. The molecule has 0 aromatic heterocycles. The number of hydrogen-bond donors (Lipinski definition) is 0. The molecule has 0 unspecified atom stereocenters. The molecule has 0 radical (unpaired) electrons. The van der Waals surface area contributed by atoms with Crippen LogP contribution in [0.4, 0.5) is 0 Å².